The molecular weight excluding hydrogens is 510 g/mol. The number of urea groups is 1. The zero-order valence-electron chi connectivity index (χ0n) is 23.8. The van der Waals surface area contributed by atoms with Crippen LogP contribution in [-0.4, -0.2) is 44.6 Å². The summed E-state index contributed by atoms with van der Waals surface area (Å²) in [6.07, 6.45) is 9.18. The van der Waals surface area contributed by atoms with Gasteiger partial charge in [-0.1, -0.05) is 57.7 Å². The summed E-state index contributed by atoms with van der Waals surface area (Å²) in [5.74, 6) is -1.14. The first-order chi connectivity index (χ1) is 19.1. The Kier molecular flexibility index (Phi) is 9.50. The number of fused-ring (bicyclic) bond motifs is 1. The van der Waals surface area contributed by atoms with Gasteiger partial charge >= 0.3 is 12.0 Å². The second-order valence-corrected chi connectivity index (χ2v) is 11.3. The molecule has 1 fully saturated rings. The van der Waals surface area contributed by atoms with Gasteiger partial charge in [-0.3, -0.25) is 4.79 Å². The number of benzene rings is 1. The summed E-state index contributed by atoms with van der Waals surface area (Å²) in [7, 11) is 1.95. The van der Waals surface area contributed by atoms with Gasteiger partial charge in [-0.25, -0.2) is 14.6 Å². The zero-order chi connectivity index (χ0) is 28.8. The van der Waals surface area contributed by atoms with Crippen molar-refractivity contribution in [3.8, 4) is 0 Å². The smallest absolute Gasteiger partial charge is 0.358 e. The van der Waals surface area contributed by atoms with Crippen LogP contribution in [0.15, 0.2) is 34.9 Å². The van der Waals surface area contributed by atoms with E-state index in [-0.39, 0.29) is 41.2 Å². The number of carboxylic acids is 1. The second-order valence-electron chi connectivity index (χ2n) is 11.3. The van der Waals surface area contributed by atoms with E-state index in [0.29, 0.717) is 12.8 Å². The number of aromatic nitrogens is 2. The first-order valence-corrected chi connectivity index (χ1v) is 14.2. The highest BCUT2D eigenvalue weighted by molar-refractivity contribution is 5.88. The Morgan fingerprint density at radius 1 is 1.10 bits per heavy atom. The van der Waals surface area contributed by atoms with Crippen LogP contribution >= 0.6 is 0 Å². The van der Waals surface area contributed by atoms with E-state index in [0.717, 1.165) is 42.1 Å². The lowest BCUT2D eigenvalue weighted by atomic mass is 10.0. The van der Waals surface area contributed by atoms with Crippen LogP contribution < -0.4 is 16.0 Å². The number of hydrogen-bond acceptors (Lipinski definition) is 5. The van der Waals surface area contributed by atoms with Crippen molar-refractivity contribution in [3.63, 3.8) is 0 Å². The molecule has 10 nitrogen and oxygen atoms in total. The highest BCUT2D eigenvalue weighted by atomic mass is 16.4. The maximum absolute atomic E-state index is 13.7. The summed E-state index contributed by atoms with van der Waals surface area (Å²) < 4.78 is 7.78. The molecule has 1 aliphatic carbocycles. The molecule has 0 aliphatic heterocycles. The molecule has 1 saturated carbocycles. The van der Waals surface area contributed by atoms with E-state index in [9.17, 15) is 19.5 Å². The summed E-state index contributed by atoms with van der Waals surface area (Å²) in [4.78, 5) is 42.5. The predicted molar refractivity (Wildman–Crippen MR) is 152 cm³/mol. The lowest BCUT2D eigenvalue weighted by Gasteiger charge is -2.25. The number of aromatic carboxylic acids is 1. The SMILES string of the molecule is Cc1oc([C@@H](Cc2cn(C)c3ccccc23)NC(=O)C(CC(C)C)NC(=O)NC2CCCCCC2)nc1C(=O)O. The Bertz CT molecular complexity index is 1340. The molecule has 216 valence electrons. The summed E-state index contributed by atoms with van der Waals surface area (Å²) >= 11 is 0. The summed E-state index contributed by atoms with van der Waals surface area (Å²) in [6.45, 7) is 5.53. The standard InChI is InChI=1S/C30H41N5O5/c1-18(2)15-23(33-30(39)31-21-11-7-5-6-8-12-21)27(36)32-24(28-34-26(29(37)38)19(3)40-28)16-20-17-35(4)25-14-10-9-13-22(20)25/h9-10,13-14,17-18,21,23-24H,5-8,11-12,15-16H2,1-4H3,(H,32,36)(H,37,38)(H2,31,33,39)/t23?,24-/m1/s1. The van der Waals surface area contributed by atoms with E-state index >= 15 is 0 Å². The first-order valence-electron chi connectivity index (χ1n) is 14.2. The monoisotopic (exact) mass is 551 g/mol. The van der Waals surface area contributed by atoms with Gasteiger partial charge in [-0.2, -0.15) is 0 Å². The van der Waals surface area contributed by atoms with Crippen molar-refractivity contribution in [2.45, 2.75) is 90.3 Å². The Hall–Kier alpha value is -3.82. The third kappa shape index (κ3) is 7.22. The Morgan fingerprint density at radius 2 is 1.80 bits per heavy atom. The molecule has 3 amide bonds. The zero-order valence-corrected chi connectivity index (χ0v) is 23.8. The molecule has 0 bridgehead atoms. The molecule has 2 aromatic heterocycles. The van der Waals surface area contributed by atoms with Gasteiger partial charge in [0.2, 0.25) is 11.8 Å². The topological polar surface area (TPSA) is 138 Å². The van der Waals surface area contributed by atoms with Crippen molar-refractivity contribution in [2.24, 2.45) is 13.0 Å². The van der Waals surface area contributed by atoms with E-state index in [1.807, 2.05) is 55.9 Å². The molecule has 1 aromatic carbocycles. The van der Waals surface area contributed by atoms with Crippen molar-refractivity contribution < 1.29 is 23.9 Å². The van der Waals surface area contributed by atoms with Gasteiger partial charge in [0.25, 0.3) is 0 Å². The average molecular weight is 552 g/mol. The highest BCUT2D eigenvalue weighted by Crippen LogP contribution is 2.27. The van der Waals surface area contributed by atoms with Crippen LogP contribution in [0.1, 0.15) is 92.5 Å². The predicted octanol–water partition coefficient (Wildman–Crippen LogP) is 5.01. The number of hydrogen-bond donors (Lipinski definition) is 4. The van der Waals surface area contributed by atoms with E-state index in [2.05, 4.69) is 20.9 Å². The number of carboxylic acid groups (broad SMARTS) is 1. The van der Waals surface area contributed by atoms with Gasteiger partial charge in [0.05, 0.1) is 0 Å². The van der Waals surface area contributed by atoms with Crippen molar-refractivity contribution in [1.29, 1.82) is 0 Å². The largest absolute Gasteiger partial charge is 0.476 e. The lowest BCUT2D eigenvalue weighted by Crippen LogP contribution is -2.53. The third-order valence-corrected chi connectivity index (χ3v) is 7.55. The van der Waals surface area contributed by atoms with Gasteiger partial charge in [0.1, 0.15) is 17.8 Å². The van der Waals surface area contributed by atoms with Crippen molar-refractivity contribution in [2.75, 3.05) is 0 Å². The maximum atomic E-state index is 13.7. The molecule has 4 N–H and O–H groups in total. The number of nitrogens with zero attached hydrogens (tertiary/aromatic N) is 2. The highest BCUT2D eigenvalue weighted by Gasteiger charge is 2.30. The van der Waals surface area contributed by atoms with Gasteiger partial charge < -0.3 is 30.0 Å². The van der Waals surface area contributed by atoms with E-state index in [1.54, 1.807) is 0 Å². The number of rotatable bonds is 10. The van der Waals surface area contributed by atoms with Crippen molar-refractivity contribution in [1.82, 2.24) is 25.5 Å². The molecule has 10 heteroatoms. The minimum Gasteiger partial charge on any atom is -0.476 e. The van der Waals surface area contributed by atoms with Crippen LogP contribution in [0.2, 0.25) is 0 Å². The van der Waals surface area contributed by atoms with Gasteiger partial charge in [0.15, 0.2) is 5.69 Å². The molecule has 1 unspecified atom stereocenters. The maximum Gasteiger partial charge on any atom is 0.358 e. The quantitative estimate of drug-likeness (QED) is 0.261. The molecule has 1 aliphatic rings. The summed E-state index contributed by atoms with van der Waals surface area (Å²) in [5, 5.41) is 19.5. The molecule has 0 saturated heterocycles. The molecule has 40 heavy (non-hydrogen) atoms. The lowest BCUT2D eigenvalue weighted by molar-refractivity contribution is -0.124. The van der Waals surface area contributed by atoms with Gasteiger partial charge in [-0.05, 0) is 43.7 Å². The van der Waals surface area contributed by atoms with Crippen LogP contribution in [0.25, 0.3) is 10.9 Å². The third-order valence-electron chi connectivity index (χ3n) is 7.55. The number of carbonyl (C=O) groups is 3. The van der Waals surface area contributed by atoms with Crippen LogP contribution in [0.3, 0.4) is 0 Å². The Labute approximate surface area is 234 Å². The molecule has 0 radical (unpaired) electrons. The van der Waals surface area contributed by atoms with Crippen LogP contribution in [0.5, 0.6) is 0 Å². The van der Waals surface area contributed by atoms with Gasteiger partial charge in [0, 0.05) is 36.6 Å². The second kappa shape index (κ2) is 13.0. The molecule has 0 spiro atoms. The Morgan fingerprint density at radius 3 is 2.45 bits per heavy atom. The normalized spacial score (nSPS) is 15.9. The molecule has 2 heterocycles. The van der Waals surface area contributed by atoms with Crippen LogP contribution in [-0.2, 0) is 18.3 Å². The molecular formula is C30H41N5O5. The number of oxazole rings is 1. The number of carbonyl (C=O) groups excluding carboxylic acids is 2. The average Bonchev–Trinajstić information content (AvgIpc) is 3.32. The number of aryl methyl sites for hydroxylation is 2. The number of nitrogens with one attached hydrogen (secondary N) is 3. The minimum atomic E-state index is -1.20. The fourth-order valence-electron chi connectivity index (χ4n) is 5.56. The van der Waals surface area contributed by atoms with E-state index in [1.165, 1.54) is 19.8 Å². The fraction of sp³-hybridized carbons (Fsp3) is 0.533. The summed E-state index contributed by atoms with van der Waals surface area (Å²) in [5.41, 5.74) is 1.80. The van der Waals surface area contributed by atoms with Crippen LogP contribution in [0, 0.1) is 12.8 Å². The summed E-state index contributed by atoms with van der Waals surface area (Å²) in [6, 6.07) is 6.17. The molecule has 2 atom stereocenters. The minimum absolute atomic E-state index is 0.106. The Balaban J connectivity index is 1.57. The van der Waals surface area contributed by atoms with Crippen LogP contribution in [0.4, 0.5) is 4.79 Å². The molecule has 3 aromatic rings. The first kappa shape index (κ1) is 29.2. The van der Waals surface area contributed by atoms with Crippen molar-refractivity contribution in [3.05, 3.63) is 53.4 Å². The number of para-hydroxylation sites is 1. The fourth-order valence-corrected chi connectivity index (χ4v) is 5.56. The number of amides is 3. The molecule has 4 rings (SSSR count). The van der Waals surface area contributed by atoms with Crippen molar-refractivity contribution >= 4 is 28.8 Å². The van der Waals surface area contributed by atoms with Gasteiger partial charge in [-0.15, -0.1) is 0 Å². The van der Waals surface area contributed by atoms with E-state index in [4.69, 9.17) is 4.42 Å². The van der Waals surface area contributed by atoms with E-state index < -0.39 is 18.1 Å².